The molecule has 2 aromatic rings. The van der Waals surface area contributed by atoms with E-state index in [0.29, 0.717) is 22.1 Å². The van der Waals surface area contributed by atoms with Crippen molar-refractivity contribution >= 4 is 34.6 Å². The van der Waals surface area contributed by atoms with E-state index in [4.69, 9.17) is 16.3 Å². The minimum atomic E-state index is -0.517. The van der Waals surface area contributed by atoms with Crippen molar-refractivity contribution < 1.29 is 14.5 Å². The first-order chi connectivity index (χ1) is 11.0. The number of nitro groups is 1. The predicted octanol–water partition coefficient (Wildman–Crippen LogP) is 3.31. The number of methoxy groups -OCH3 is 1. The Morgan fingerprint density at radius 1 is 1.30 bits per heavy atom. The smallest absolute Gasteiger partial charge is 0.271 e. The number of ether oxygens (including phenoxy) is 1. The second-order valence-electron chi connectivity index (χ2n) is 4.55. The highest BCUT2D eigenvalue weighted by atomic mass is 35.5. The summed E-state index contributed by atoms with van der Waals surface area (Å²) in [6.07, 6.45) is 0. The van der Waals surface area contributed by atoms with E-state index in [1.807, 2.05) is 0 Å². The maximum Gasteiger partial charge on any atom is 0.271 e. The van der Waals surface area contributed by atoms with Crippen LogP contribution in [0.4, 0.5) is 17.1 Å². The fraction of sp³-hybridized carbons (Fsp3) is 0.133. The van der Waals surface area contributed by atoms with Crippen molar-refractivity contribution in [3.05, 3.63) is 57.6 Å². The summed E-state index contributed by atoms with van der Waals surface area (Å²) in [4.78, 5) is 22.2. The van der Waals surface area contributed by atoms with Crippen LogP contribution in [-0.2, 0) is 4.79 Å². The lowest BCUT2D eigenvalue weighted by atomic mass is 10.2. The summed E-state index contributed by atoms with van der Waals surface area (Å²) in [6, 6.07) is 10.8. The summed E-state index contributed by atoms with van der Waals surface area (Å²) in [6.45, 7) is -0.0793. The van der Waals surface area contributed by atoms with Crippen LogP contribution in [0.2, 0.25) is 5.02 Å². The van der Waals surface area contributed by atoms with Crippen molar-refractivity contribution in [3.63, 3.8) is 0 Å². The third-order valence-corrected chi connectivity index (χ3v) is 3.18. The Kier molecular flexibility index (Phi) is 5.37. The number of carbonyl (C=O) groups is 1. The van der Waals surface area contributed by atoms with Gasteiger partial charge in [-0.05, 0) is 24.3 Å². The van der Waals surface area contributed by atoms with Gasteiger partial charge in [-0.25, -0.2) is 0 Å². The minimum absolute atomic E-state index is 0.0793. The standard InChI is InChI=1S/C15H14ClN3O4/c1-23-14-6-5-12(19(21)22)8-13(14)17-9-15(20)18-11-4-2-3-10(16)7-11/h2-8,17H,9H2,1H3,(H,18,20). The molecule has 0 fully saturated rings. The van der Waals surface area contributed by atoms with Gasteiger partial charge in [-0.3, -0.25) is 14.9 Å². The lowest BCUT2D eigenvalue weighted by molar-refractivity contribution is -0.384. The lowest BCUT2D eigenvalue weighted by Gasteiger charge is -2.11. The number of hydrogen-bond acceptors (Lipinski definition) is 5. The van der Waals surface area contributed by atoms with E-state index in [9.17, 15) is 14.9 Å². The van der Waals surface area contributed by atoms with Gasteiger partial charge >= 0.3 is 0 Å². The van der Waals surface area contributed by atoms with Gasteiger partial charge in [-0.1, -0.05) is 17.7 Å². The number of carbonyl (C=O) groups excluding carboxylic acids is 1. The van der Waals surface area contributed by atoms with Crippen LogP contribution in [0.3, 0.4) is 0 Å². The van der Waals surface area contributed by atoms with Gasteiger partial charge in [0.1, 0.15) is 5.75 Å². The number of benzene rings is 2. The van der Waals surface area contributed by atoms with Gasteiger partial charge in [0.05, 0.1) is 24.3 Å². The van der Waals surface area contributed by atoms with Crippen LogP contribution in [-0.4, -0.2) is 24.5 Å². The maximum absolute atomic E-state index is 11.9. The highest BCUT2D eigenvalue weighted by molar-refractivity contribution is 6.30. The van der Waals surface area contributed by atoms with Crippen molar-refractivity contribution in [3.8, 4) is 5.75 Å². The van der Waals surface area contributed by atoms with Gasteiger partial charge in [-0.15, -0.1) is 0 Å². The average molecular weight is 336 g/mol. The van der Waals surface area contributed by atoms with E-state index < -0.39 is 4.92 Å². The van der Waals surface area contributed by atoms with Crippen molar-refractivity contribution in [1.82, 2.24) is 0 Å². The Balaban J connectivity index is 2.03. The van der Waals surface area contributed by atoms with Crippen LogP contribution in [0.25, 0.3) is 0 Å². The summed E-state index contributed by atoms with van der Waals surface area (Å²) in [7, 11) is 1.44. The van der Waals surface area contributed by atoms with Crippen LogP contribution in [0.1, 0.15) is 0 Å². The molecule has 0 unspecified atom stereocenters. The number of amides is 1. The number of anilines is 2. The normalized spacial score (nSPS) is 10.0. The first-order valence-electron chi connectivity index (χ1n) is 6.61. The minimum Gasteiger partial charge on any atom is -0.495 e. The quantitative estimate of drug-likeness (QED) is 0.624. The molecule has 2 N–H and O–H groups in total. The third kappa shape index (κ3) is 4.58. The van der Waals surface area contributed by atoms with Crippen LogP contribution in [0.15, 0.2) is 42.5 Å². The van der Waals surface area contributed by atoms with E-state index >= 15 is 0 Å². The van der Waals surface area contributed by atoms with Crippen molar-refractivity contribution in [1.29, 1.82) is 0 Å². The van der Waals surface area contributed by atoms with Crippen molar-refractivity contribution in [2.24, 2.45) is 0 Å². The number of rotatable bonds is 6. The predicted molar refractivity (Wildman–Crippen MR) is 88.2 cm³/mol. The molecule has 0 saturated heterocycles. The largest absolute Gasteiger partial charge is 0.495 e. The van der Waals surface area contributed by atoms with Crippen LogP contribution >= 0.6 is 11.6 Å². The third-order valence-electron chi connectivity index (χ3n) is 2.94. The van der Waals surface area contributed by atoms with Crippen molar-refractivity contribution in [2.75, 3.05) is 24.3 Å². The van der Waals surface area contributed by atoms with Gasteiger partial charge < -0.3 is 15.4 Å². The van der Waals surface area contributed by atoms with E-state index in [1.54, 1.807) is 24.3 Å². The molecule has 0 bridgehead atoms. The maximum atomic E-state index is 11.9. The number of nitro benzene ring substituents is 1. The molecule has 23 heavy (non-hydrogen) atoms. The molecular formula is C15H14ClN3O4. The number of nitrogens with zero attached hydrogens (tertiary/aromatic N) is 1. The van der Waals surface area contributed by atoms with E-state index in [2.05, 4.69) is 10.6 Å². The molecule has 2 rings (SSSR count). The molecule has 120 valence electrons. The molecule has 0 saturated carbocycles. The van der Waals surface area contributed by atoms with Crippen molar-refractivity contribution in [2.45, 2.75) is 0 Å². The Morgan fingerprint density at radius 3 is 2.74 bits per heavy atom. The second kappa shape index (κ2) is 7.46. The zero-order valence-corrected chi connectivity index (χ0v) is 13.0. The first kappa shape index (κ1) is 16.6. The molecule has 0 atom stereocenters. The van der Waals surface area contributed by atoms with Gasteiger partial charge in [0.2, 0.25) is 5.91 Å². The monoisotopic (exact) mass is 335 g/mol. The highest BCUT2D eigenvalue weighted by Crippen LogP contribution is 2.28. The fourth-order valence-corrected chi connectivity index (χ4v) is 2.08. The second-order valence-corrected chi connectivity index (χ2v) is 4.99. The zero-order chi connectivity index (χ0) is 16.8. The Labute approximate surface area is 137 Å². The molecule has 1 amide bonds. The first-order valence-corrected chi connectivity index (χ1v) is 6.99. The highest BCUT2D eigenvalue weighted by Gasteiger charge is 2.12. The number of non-ortho nitro benzene ring substituents is 1. The zero-order valence-electron chi connectivity index (χ0n) is 12.2. The van der Waals surface area contributed by atoms with Crippen LogP contribution < -0.4 is 15.4 Å². The topological polar surface area (TPSA) is 93.5 Å². The molecule has 0 aliphatic heterocycles. The molecular weight excluding hydrogens is 322 g/mol. The Morgan fingerprint density at radius 2 is 2.09 bits per heavy atom. The summed E-state index contributed by atoms with van der Waals surface area (Å²) in [5, 5.41) is 16.8. The van der Waals surface area contributed by atoms with Gasteiger partial charge in [0.25, 0.3) is 5.69 Å². The molecule has 2 aromatic carbocycles. The van der Waals surface area contributed by atoms with E-state index in [-0.39, 0.29) is 18.1 Å². The SMILES string of the molecule is COc1ccc([N+](=O)[O-])cc1NCC(=O)Nc1cccc(Cl)c1. The number of halogens is 1. The molecule has 7 nitrogen and oxygen atoms in total. The Bertz CT molecular complexity index is 736. The fourth-order valence-electron chi connectivity index (χ4n) is 1.89. The molecule has 0 aliphatic carbocycles. The summed E-state index contributed by atoms with van der Waals surface area (Å²) in [5.74, 6) is 0.0898. The number of hydrogen-bond donors (Lipinski definition) is 2. The molecule has 0 spiro atoms. The summed E-state index contributed by atoms with van der Waals surface area (Å²) in [5.41, 5.74) is 0.835. The van der Waals surface area contributed by atoms with Crippen LogP contribution in [0, 0.1) is 10.1 Å². The molecule has 0 aliphatic rings. The molecule has 0 radical (unpaired) electrons. The lowest BCUT2D eigenvalue weighted by Crippen LogP contribution is -2.22. The van der Waals surface area contributed by atoms with E-state index in [0.717, 1.165) is 0 Å². The van der Waals surface area contributed by atoms with Gasteiger partial charge in [0.15, 0.2) is 0 Å². The molecule has 0 heterocycles. The molecule has 8 heteroatoms. The van der Waals surface area contributed by atoms with E-state index in [1.165, 1.54) is 25.3 Å². The van der Waals surface area contributed by atoms with Gasteiger partial charge in [0, 0.05) is 22.8 Å². The number of nitrogens with one attached hydrogen (secondary N) is 2. The average Bonchev–Trinajstić information content (AvgIpc) is 2.52. The Hall–Kier alpha value is -2.80. The summed E-state index contributed by atoms with van der Waals surface area (Å²) >= 11 is 5.84. The van der Waals surface area contributed by atoms with Gasteiger partial charge in [-0.2, -0.15) is 0 Å². The summed E-state index contributed by atoms with van der Waals surface area (Å²) < 4.78 is 5.11. The van der Waals surface area contributed by atoms with Crippen LogP contribution in [0.5, 0.6) is 5.75 Å². The molecule has 0 aromatic heterocycles.